The van der Waals surface area contributed by atoms with Crippen molar-refractivity contribution in [1.29, 1.82) is 0 Å². The highest BCUT2D eigenvalue weighted by Crippen LogP contribution is 2.30. The fourth-order valence-corrected chi connectivity index (χ4v) is 3.78. The smallest absolute Gasteiger partial charge is 0.255 e. The number of nitrogens with zero attached hydrogens (tertiary/aromatic N) is 1. The number of rotatable bonds is 3. The molecule has 1 unspecified atom stereocenters. The van der Waals surface area contributed by atoms with Crippen LogP contribution in [0.2, 0.25) is 0 Å². The Hall–Kier alpha value is -2.50. The Balaban J connectivity index is 1.60. The largest absolute Gasteiger partial charge is 0.324 e. The van der Waals surface area contributed by atoms with Crippen LogP contribution in [0.15, 0.2) is 65.8 Å². The number of carbonyl (C=O) groups excluding carboxylic acids is 1. The normalized spacial score (nSPS) is 16.9. The molecule has 0 radical (unpaired) electrons. The molecule has 2 aromatic carbocycles. The Morgan fingerprint density at radius 2 is 2.15 bits per heavy atom. The SMILES string of the molecule is O=C(NC1=CC(c2ccc3ncsc3c2)=CCC1Cl)c1cccc(F)c1. The zero-order valence-corrected chi connectivity index (χ0v) is 15.2. The van der Waals surface area contributed by atoms with Gasteiger partial charge in [-0.3, -0.25) is 4.79 Å². The van der Waals surface area contributed by atoms with Gasteiger partial charge in [0.05, 0.1) is 21.1 Å². The van der Waals surface area contributed by atoms with E-state index in [0.29, 0.717) is 12.1 Å². The molecule has 1 aliphatic rings. The van der Waals surface area contributed by atoms with E-state index in [9.17, 15) is 9.18 Å². The summed E-state index contributed by atoms with van der Waals surface area (Å²) in [7, 11) is 0. The summed E-state index contributed by atoms with van der Waals surface area (Å²) in [6, 6.07) is 11.6. The predicted octanol–water partition coefficient (Wildman–Crippen LogP) is 5.14. The molecule has 0 saturated heterocycles. The zero-order chi connectivity index (χ0) is 18.1. The van der Waals surface area contributed by atoms with Crippen LogP contribution in [0.1, 0.15) is 22.3 Å². The monoisotopic (exact) mass is 384 g/mol. The molecule has 0 saturated carbocycles. The van der Waals surface area contributed by atoms with Crippen LogP contribution >= 0.6 is 22.9 Å². The molecule has 0 fully saturated rings. The Bertz CT molecular complexity index is 1060. The van der Waals surface area contributed by atoms with Crippen molar-refractivity contribution in [3.05, 3.63) is 82.8 Å². The van der Waals surface area contributed by atoms with E-state index in [1.165, 1.54) is 18.2 Å². The number of thiazole rings is 1. The average Bonchev–Trinajstić information content (AvgIpc) is 3.11. The molecule has 130 valence electrons. The average molecular weight is 385 g/mol. The number of nitrogens with one attached hydrogen (secondary N) is 1. The molecular formula is C20H14ClFN2OS. The highest BCUT2D eigenvalue weighted by Gasteiger charge is 2.19. The predicted molar refractivity (Wildman–Crippen MR) is 104 cm³/mol. The molecule has 0 bridgehead atoms. The molecule has 1 N–H and O–H groups in total. The first-order chi connectivity index (χ1) is 12.6. The Morgan fingerprint density at radius 1 is 1.27 bits per heavy atom. The number of fused-ring (bicyclic) bond motifs is 1. The molecular weight excluding hydrogens is 371 g/mol. The molecule has 6 heteroatoms. The van der Waals surface area contributed by atoms with Crippen molar-refractivity contribution in [3.63, 3.8) is 0 Å². The van der Waals surface area contributed by atoms with E-state index >= 15 is 0 Å². The van der Waals surface area contributed by atoms with Gasteiger partial charge in [0.25, 0.3) is 5.91 Å². The van der Waals surface area contributed by atoms with Gasteiger partial charge in [-0.25, -0.2) is 9.37 Å². The van der Waals surface area contributed by atoms with E-state index in [-0.39, 0.29) is 16.8 Å². The van der Waals surface area contributed by atoms with Crippen LogP contribution in [-0.2, 0) is 0 Å². The van der Waals surface area contributed by atoms with E-state index in [4.69, 9.17) is 11.6 Å². The first kappa shape index (κ1) is 16.9. The fraction of sp³-hybridized carbons (Fsp3) is 0.100. The topological polar surface area (TPSA) is 42.0 Å². The third-order valence-electron chi connectivity index (χ3n) is 4.20. The standard InChI is InChI=1S/C20H14ClFN2OS/c21-16-6-4-12(13-5-7-17-19(10-13)26-11-23-17)9-18(16)24-20(25)14-2-1-3-15(22)8-14/h1-5,7-11,16H,6H2,(H,24,25). The van der Waals surface area contributed by atoms with Gasteiger partial charge in [-0.2, -0.15) is 0 Å². The lowest BCUT2D eigenvalue weighted by atomic mass is 9.97. The summed E-state index contributed by atoms with van der Waals surface area (Å²) in [6.07, 6.45) is 4.53. The van der Waals surface area contributed by atoms with Crippen molar-refractivity contribution >= 4 is 44.6 Å². The quantitative estimate of drug-likeness (QED) is 0.635. The van der Waals surface area contributed by atoms with Crippen molar-refractivity contribution in [2.45, 2.75) is 11.8 Å². The maximum atomic E-state index is 13.3. The van der Waals surface area contributed by atoms with Crippen molar-refractivity contribution in [3.8, 4) is 0 Å². The summed E-state index contributed by atoms with van der Waals surface area (Å²) in [4.78, 5) is 16.7. The second kappa shape index (κ2) is 7.02. The first-order valence-corrected chi connectivity index (χ1v) is 9.38. The molecule has 1 aromatic heterocycles. The van der Waals surface area contributed by atoms with Crippen molar-refractivity contribution in [2.24, 2.45) is 0 Å². The highest BCUT2D eigenvalue weighted by atomic mass is 35.5. The van der Waals surface area contributed by atoms with Crippen LogP contribution < -0.4 is 5.32 Å². The van der Waals surface area contributed by atoms with Gasteiger partial charge in [0.2, 0.25) is 0 Å². The minimum atomic E-state index is -0.448. The zero-order valence-electron chi connectivity index (χ0n) is 13.6. The summed E-state index contributed by atoms with van der Waals surface area (Å²) >= 11 is 7.95. The summed E-state index contributed by atoms with van der Waals surface area (Å²) in [5.41, 5.74) is 5.70. The second-order valence-electron chi connectivity index (χ2n) is 5.96. The Labute approximate surface area is 158 Å². The van der Waals surface area contributed by atoms with E-state index in [2.05, 4.69) is 22.4 Å². The molecule has 1 heterocycles. The minimum absolute atomic E-state index is 0.261. The molecule has 4 rings (SSSR count). The highest BCUT2D eigenvalue weighted by molar-refractivity contribution is 7.16. The Morgan fingerprint density at radius 3 is 3.00 bits per heavy atom. The number of amides is 1. The lowest BCUT2D eigenvalue weighted by Crippen LogP contribution is -2.28. The number of hydrogen-bond donors (Lipinski definition) is 1. The number of benzene rings is 2. The van der Waals surface area contributed by atoms with Crippen molar-refractivity contribution in [1.82, 2.24) is 10.3 Å². The first-order valence-electron chi connectivity index (χ1n) is 8.06. The number of halogens is 2. The van der Waals surface area contributed by atoms with Crippen LogP contribution in [0.4, 0.5) is 4.39 Å². The van der Waals surface area contributed by atoms with Crippen LogP contribution in [0.25, 0.3) is 15.8 Å². The molecule has 3 nitrogen and oxygen atoms in total. The number of carbonyl (C=O) groups is 1. The van der Waals surface area contributed by atoms with E-state index in [1.807, 2.05) is 23.7 Å². The van der Waals surface area contributed by atoms with Gasteiger partial charge in [-0.15, -0.1) is 22.9 Å². The molecule has 26 heavy (non-hydrogen) atoms. The van der Waals surface area contributed by atoms with Crippen LogP contribution in [0, 0.1) is 5.82 Å². The third kappa shape index (κ3) is 3.41. The van der Waals surface area contributed by atoms with Crippen LogP contribution in [0.5, 0.6) is 0 Å². The van der Waals surface area contributed by atoms with E-state index in [1.54, 1.807) is 17.4 Å². The van der Waals surface area contributed by atoms with Crippen LogP contribution in [0.3, 0.4) is 0 Å². The number of hydrogen-bond acceptors (Lipinski definition) is 3. The van der Waals surface area contributed by atoms with Gasteiger partial charge in [-0.1, -0.05) is 18.2 Å². The van der Waals surface area contributed by atoms with Crippen molar-refractivity contribution < 1.29 is 9.18 Å². The van der Waals surface area contributed by atoms with Crippen LogP contribution in [-0.4, -0.2) is 16.3 Å². The van der Waals surface area contributed by atoms with Gasteiger partial charge in [-0.05, 0) is 54.0 Å². The molecule has 3 aromatic rings. The van der Waals surface area contributed by atoms with E-state index < -0.39 is 5.82 Å². The summed E-state index contributed by atoms with van der Waals surface area (Å²) in [6.45, 7) is 0. The molecule has 1 atom stereocenters. The fourth-order valence-electron chi connectivity index (χ4n) is 2.86. The van der Waals surface area contributed by atoms with Gasteiger partial charge >= 0.3 is 0 Å². The molecule has 1 aliphatic carbocycles. The van der Waals surface area contributed by atoms with Gasteiger partial charge in [0.15, 0.2) is 0 Å². The summed E-state index contributed by atoms with van der Waals surface area (Å²) in [5, 5.41) is 2.49. The molecule has 0 aliphatic heterocycles. The third-order valence-corrected chi connectivity index (χ3v) is 5.41. The molecule has 0 spiro atoms. The Kier molecular flexibility index (Phi) is 4.57. The number of alkyl halides is 1. The maximum absolute atomic E-state index is 13.3. The molecule has 1 amide bonds. The maximum Gasteiger partial charge on any atom is 0.255 e. The van der Waals surface area contributed by atoms with Gasteiger partial charge < -0.3 is 5.32 Å². The number of aromatic nitrogens is 1. The summed E-state index contributed by atoms with van der Waals surface area (Å²) < 4.78 is 14.4. The summed E-state index contributed by atoms with van der Waals surface area (Å²) in [5.74, 6) is -0.822. The second-order valence-corrected chi connectivity index (χ2v) is 7.37. The van der Waals surface area contributed by atoms with Gasteiger partial charge in [0.1, 0.15) is 5.82 Å². The lowest BCUT2D eigenvalue weighted by Gasteiger charge is -2.20. The number of allylic oxidation sites excluding steroid dienone is 4. The minimum Gasteiger partial charge on any atom is -0.324 e. The van der Waals surface area contributed by atoms with E-state index in [0.717, 1.165) is 21.4 Å². The lowest BCUT2D eigenvalue weighted by molar-refractivity contribution is 0.0964. The van der Waals surface area contributed by atoms with Crippen molar-refractivity contribution in [2.75, 3.05) is 0 Å². The van der Waals surface area contributed by atoms with Gasteiger partial charge in [0, 0.05) is 11.3 Å².